The van der Waals surface area contributed by atoms with Gasteiger partial charge in [0.2, 0.25) is 11.8 Å². The van der Waals surface area contributed by atoms with Gasteiger partial charge in [-0.1, -0.05) is 18.2 Å². The van der Waals surface area contributed by atoms with Crippen LogP contribution in [0.5, 0.6) is 5.75 Å². The molecule has 3 aliphatic rings. The Morgan fingerprint density at radius 1 is 0.938 bits per heavy atom. The molecular formula is C25H21NO6. The SMILES string of the molecule is COc1ccc(C(=O)COC(=O)c2cccc(N3C(=O)[C@@H]4[C@@H](C3=O)[C@@H]3C=C[C@@H]4C3)c2)cc1. The number of nitrogens with zero attached hydrogens (tertiary/aromatic N) is 1. The molecule has 1 saturated carbocycles. The van der Waals surface area contributed by atoms with Gasteiger partial charge < -0.3 is 9.47 Å². The zero-order valence-corrected chi connectivity index (χ0v) is 17.4. The number of methoxy groups -OCH3 is 1. The number of carbonyl (C=O) groups is 4. The average molecular weight is 431 g/mol. The first kappa shape index (κ1) is 20.2. The Balaban J connectivity index is 1.28. The monoisotopic (exact) mass is 431 g/mol. The first-order valence-electron chi connectivity index (χ1n) is 10.5. The summed E-state index contributed by atoms with van der Waals surface area (Å²) >= 11 is 0. The topological polar surface area (TPSA) is 90.0 Å². The molecule has 2 fully saturated rings. The summed E-state index contributed by atoms with van der Waals surface area (Å²) in [5.41, 5.74) is 0.920. The van der Waals surface area contributed by atoms with Gasteiger partial charge in [0, 0.05) is 5.56 Å². The highest BCUT2D eigenvalue weighted by atomic mass is 16.5. The number of imide groups is 1. The van der Waals surface area contributed by atoms with E-state index in [9.17, 15) is 19.2 Å². The van der Waals surface area contributed by atoms with Gasteiger partial charge in [-0.25, -0.2) is 9.69 Å². The number of benzene rings is 2. The summed E-state index contributed by atoms with van der Waals surface area (Å²) in [4.78, 5) is 52.0. The van der Waals surface area contributed by atoms with Crippen molar-refractivity contribution in [1.82, 2.24) is 0 Å². The normalized spacial score (nSPS) is 25.2. The number of anilines is 1. The number of amides is 2. The molecule has 1 heterocycles. The second-order valence-electron chi connectivity index (χ2n) is 8.29. The van der Waals surface area contributed by atoms with Crippen molar-refractivity contribution in [3.8, 4) is 5.75 Å². The van der Waals surface area contributed by atoms with E-state index in [-0.39, 0.29) is 46.8 Å². The van der Waals surface area contributed by atoms with Gasteiger partial charge in [-0.15, -0.1) is 0 Å². The molecule has 2 aromatic rings. The van der Waals surface area contributed by atoms with Crippen LogP contribution >= 0.6 is 0 Å². The number of Topliss-reactive ketones (excluding diaryl/α,β-unsaturated/α-hetero) is 1. The molecule has 0 N–H and O–H groups in total. The van der Waals surface area contributed by atoms with Gasteiger partial charge in [0.1, 0.15) is 5.75 Å². The van der Waals surface area contributed by atoms with E-state index in [0.29, 0.717) is 17.0 Å². The van der Waals surface area contributed by atoms with Crippen LogP contribution in [0, 0.1) is 23.7 Å². The van der Waals surface area contributed by atoms with Crippen LogP contribution in [0.1, 0.15) is 27.1 Å². The molecule has 1 saturated heterocycles. The Morgan fingerprint density at radius 2 is 1.59 bits per heavy atom. The van der Waals surface area contributed by atoms with E-state index in [1.165, 1.54) is 24.1 Å². The first-order chi connectivity index (χ1) is 15.5. The number of carbonyl (C=O) groups excluding carboxylic acids is 4. The second kappa shape index (κ2) is 7.75. The van der Waals surface area contributed by atoms with Gasteiger partial charge in [0.15, 0.2) is 12.4 Å². The van der Waals surface area contributed by atoms with Crippen LogP contribution in [-0.4, -0.2) is 37.3 Å². The fourth-order valence-corrected chi connectivity index (χ4v) is 5.00. The van der Waals surface area contributed by atoms with Gasteiger partial charge >= 0.3 is 5.97 Å². The standard InChI is InChI=1S/C25H21NO6/c1-31-19-9-7-14(8-10-19)20(27)13-32-25(30)17-3-2-4-18(12-17)26-23(28)21-15-5-6-16(11-15)22(21)24(26)29/h2-10,12,15-16,21-22H,11,13H2,1H3/t15-,16-,21+,22+/m1/s1. The number of ether oxygens (including phenoxy) is 2. The van der Waals surface area contributed by atoms with Gasteiger partial charge in [-0.2, -0.15) is 0 Å². The zero-order valence-electron chi connectivity index (χ0n) is 17.4. The lowest BCUT2D eigenvalue weighted by molar-refractivity contribution is -0.123. The minimum Gasteiger partial charge on any atom is -0.497 e. The maximum Gasteiger partial charge on any atom is 0.338 e. The number of ketones is 1. The molecule has 0 unspecified atom stereocenters. The second-order valence-corrected chi connectivity index (χ2v) is 8.29. The molecule has 2 amide bonds. The molecule has 32 heavy (non-hydrogen) atoms. The van der Waals surface area contributed by atoms with Crippen molar-refractivity contribution in [3.05, 3.63) is 71.8 Å². The Hall–Kier alpha value is -3.74. The van der Waals surface area contributed by atoms with Crippen molar-refractivity contribution in [2.24, 2.45) is 23.7 Å². The van der Waals surface area contributed by atoms with Gasteiger partial charge in [0.05, 0.1) is 30.2 Å². The summed E-state index contributed by atoms with van der Waals surface area (Å²) < 4.78 is 10.2. The van der Waals surface area contributed by atoms with E-state index in [1.807, 2.05) is 12.2 Å². The molecule has 2 aromatic carbocycles. The molecule has 162 valence electrons. The minimum absolute atomic E-state index is 0.114. The molecule has 7 nitrogen and oxygen atoms in total. The predicted molar refractivity (Wildman–Crippen MR) is 114 cm³/mol. The van der Waals surface area contributed by atoms with E-state index in [4.69, 9.17) is 9.47 Å². The van der Waals surface area contributed by atoms with Crippen LogP contribution in [-0.2, 0) is 14.3 Å². The predicted octanol–water partition coefficient (Wildman–Crippen LogP) is 3.05. The molecule has 4 atom stereocenters. The van der Waals surface area contributed by atoms with Crippen molar-refractivity contribution >= 4 is 29.3 Å². The van der Waals surface area contributed by atoms with E-state index < -0.39 is 12.6 Å². The fraction of sp³-hybridized carbons (Fsp3) is 0.280. The summed E-state index contributed by atoms with van der Waals surface area (Å²) in [5, 5.41) is 0. The molecular weight excluding hydrogens is 410 g/mol. The number of hydrogen-bond acceptors (Lipinski definition) is 6. The van der Waals surface area contributed by atoms with Crippen LogP contribution in [0.25, 0.3) is 0 Å². The van der Waals surface area contributed by atoms with Crippen LogP contribution in [0.3, 0.4) is 0 Å². The number of allylic oxidation sites excluding steroid dienone is 2. The number of fused-ring (bicyclic) bond motifs is 5. The summed E-state index contributed by atoms with van der Waals surface area (Å²) in [5.74, 6) is -1.24. The molecule has 5 rings (SSSR count). The highest BCUT2D eigenvalue weighted by Crippen LogP contribution is 2.53. The van der Waals surface area contributed by atoms with Crippen LogP contribution in [0.4, 0.5) is 5.69 Å². The van der Waals surface area contributed by atoms with Crippen LogP contribution in [0.15, 0.2) is 60.7 Å². The Labute approximate surface area is 184 Å². The van der Waals surface area contributed by atoms with E-state index in [2.05, 4.69) is 0 Å². The lowest BCUT2D eigenvalue weighted by Crippen LogP contribution is -2.33. The van der Waals surface area contributed by atoms with Crippen molar-refractivity contribution < 1.29 is 28.7 Å². The van der Waals surface area contributed by atoms with Crippen molar-refractivity contribution in [2.75, 3.05) is 18.6 Å². The Morgan fingerprint density at radius 3 is 2.22 bits per heavy atom. The maximum absolute atomic E-state index is 13.0. The maximum atomic E-state index is 13.0. The Kier molecular flexibility index (Phi) is 4.89. The molecule has 0 radical (unpaired) electrons. The summed E-state index contributed by atoms with van der Waals surface area (Å²) in [6.45, 7) is -0.420. The van der Waals surface area contributed by atoms with Crippen LogP contribution in [0.2, 0.25) is 0 Å². The van der Waals surface area contributed by atoms with E-state index in [0.717, 1.165) is 6.42 Å². The number of hydrogen-bond donors (Lipinski definition) is 0. The van der Waals surface area contributed by atoms with Gasteiger partial charge in [-0.3, -0.25) is 14.4 Å². The summed E-state index contributed by atoms with van der Waals surface area (Å²) in [6.07, 6.45) is 4.93. The molecule has 0 spiro atoms. The lowest BCUT2D eigenvalue weighted by atomic mass is 9.85. The average Bonchev–Trinajstić information content (AvgIpc) is 3.51. The molecule has 2 aliphatic carbocycles. The van der Waals surface area contributed by atoms with E-state index >= 15 is 0 Å². The van der Waals surface area contributed by atoms with Crippen molar-refractivity contribution in [3.63, 3.8) is 0 Å². The third-order valence-electron chi connectivity index (χ3n) is 6.56. The van der Waals surface area contributed by atoms with Gasteiger partial charge in [0.25, 0.3) is 0 Å². The third kappa shape index (κ3) is 3.21. The number of esters is 1. The minimum atomic E-state index is -0.699. The lowest BCUT2D eigenvalue weighted by Gasteiger charge is -2.18. The third-order valence-corrected chi connectivity index (χ3v) is 6.56. The zero-order chi connectivity index (χ0) is 22.4. The molecule has 2 bridgehead atoms. The highest BCUT2D eigenvalue weighted by Gasteiger charge is 2.59. The Bertz CT molecular complexity index is 1120. The quantitative estimate of drug-likeness (QED) is 0.302. The van der Waals surface area contributed by atoms with Crippen LogP contribution < -0.4 is 9.64 Å². The van der Waals surface area contributed by atoms with Crippen molar-refractivity contribution in [2.45, 2.75) is 6.42 Å². The van der Waals surface area contributed by atoms with E-state index in [1.54, 1.807) is 36.4 Å². The van der Waals surface area contributed by atoms with Gasteiger partial charge in [-0.05, 0) is 60.7 Å². The fourth-order valence-electron chi connectivity index (χ4n) is 5.00. The largest absolute Gasteiger partial charge is 0.497 e. The molecule has 1 aliphatic heterocycles. The summed E-state index contributed by atoms with van der Waals surface area (Å²) in [6, 6.07) is 12.7. The highest BCUT2D eigenvalue weighted by molar-refractivity contribution is 6.23. The number of rotatable bonds is 6. The smallest absolute Gasteiger partial charge is 0.338 e. The molecule has 7 heteroatoms. The summed E-state index contributed by atoms with van der Waals surface area (Å²) in [7, 11) is 1.53. The van der Waals surface area contributed by atoms with Crippen molar-refractivity contribution in [1.29, 1.82) is 0 Å². The molecule has 0 aromatic heterocycles. The first-order valence-corrected chi connectivity index (χ1v) is 10.5.